The fourth-order valence-corrected chi connectivity index (χ4v) is 1.60. The lowest BCUT2D eigenvalue weighted by molar-refractivity contribution is -0.125. The van der Waals surface area contributed by atoms with E-state index in [1.165, 1.54) is 0 Å². The first-order valence-electron chi connectivity index (χ1n) is 4.15. The minimum Gasteiger partial charge on any atom is -0.272 e. The van der Waals surface area contributed by atoms with Gasteiger partial charge >= 0.3 is 0 Å². The first kappa shape index (κ1) is 9.23. The van der Waals surface area contributed by atoms with Crippen molar-refractivity contribution in [3.8, 4) is 0 Å². The molecular weight excluding hydrogens is 152 g/mol. The van der Waals surface area contributed by atoms with Crippen LogP contribution < -0.4 is 5.43 Å². The number of nitrogens with one attached hydrogen (secondary N) is 1. The van der Waals surface area contributed by atoms with Crippen LogP contribution in [0.1, 0.15) is 34.6 Å². The zero-order valence-electron chi connectivity index (χ0n) is 8.36. The van der Waals surface area contributed by atoms with Crippen LogP contribution in [0.25, 0.3) is 0 Å². The van der Waals surface area contributed by atoms with Crippen molar-refractivity contribution < 1.29 is 4.79 Å². The largest absolute Gasteiger partial charge is 0.272 e. The highest BCUT2D eigenvalue weighted by Crippen LogP contribution is 2.33. The second kappa shape index (κ2) is 2.31. The molecule has 3 heteroatoms. The van der Waals surface area contributed by atoms with E-state index in [1.807, 2.05) is 13.8 Å². The van der Waals surface area contributed by atoms with Crippen LogP contribution >= 0.6 is 0 Å². The third kappa shape index (κ3) is 1.24. The van der Waals surface area contributed by atoms with Crippen molar-refractivity contribution in [2.75, 3.05) is 0 Å². The summed E-state index contributed by atoms with van der Waals surface area (Å²) in [6.07, 6.45) is 0. The molecule has 3 nitrogen and oxygen atoms in total. The molecule has 0 radical (unpaired) electrons. The maximum absolute atomic E-state index is 11.3. The predicted octanol–water partition coefficient (Wildman–Crippen LogP) is 1.54. The van der Waals surface area contributed by atoms with Gasteiger partial charge in [-0.3, -0.25) is 4.79 Å². The van der Waals surface area contributed by atoms with Gasteiger partial charge < -0.3 is 0 Å². The highest BCUT2D eigenvalue weighted by atomic mass is 16.2. The Kier molecular flexibility index (Phi) is 1.78. The fraction of sp³-hybridized carbons (Fsp3) is 0.778. The fourth-order valence-electron chi connectivity index (χ4n) is 1.60. The van der Waals surface area contributed by atoms with E-state index < -0.39 is 5.41 Å². The second-order valence-corrected chi connectivity index (χ2v) is 4.78. The normalized spacial score (nSPS) is 22.1. The summed E-state index contributed by atoms with van der Waals surface area (Å²) in [7, 11) is 0. The zero-order valence-corrected chi connectivity index (χ0v) is 8.36. The van der Waals surface area contributed by atoms with E-state index >= 15 is 0 Å². The van der Waals surface area contributed by atoms with Gasteiger partial charge in [-0.2, -0.15) is 5.10 Å². The number of amides is 1. The molecule has 0 bridgehead atoms. The molecule has 0 unspecified atom stereocenters. The van der Waals surface area contributed by atoms with Gasteiger partial charge in [0.05, 0.1) is 11.1 Å². The van der Waals surface area contributed by atoms with Gasteiger partial charge in [-0.15, -0.1) is 0 Å². The Balaban J connectivity index is 3.03. The maximum Gasteiger partial charge on any atom is 0.251 e. The summed E-state index contributed by atoms with van der Waals surface area (Å²) in [5.74, 6) is -0.00701. The van der Waals surface area contributed by atoms with Crippen molar-refractivity contribution in [3.63, 3.8) is 0 Å². The Bertz CT molecular complexity index is 246. The molecule has 0 aromatic rings. The minimum atomic E-state index is -0.446. The van der Waals surface area contributed by atoms with Gasteiger partial charge in [0, 0.05) is 5.41 Å². The Morgan fingerprint density at radius 2 is 1.83 bits per heavy atom. The lowest BCUT2D eigenvalue weighted by Crippen LogP contribution is -2.38. The maximum atomic E-state index is 11.3. The summed E-state index contributed by atoms with van der Waals surface area (Å²) in [6.45, 7) is 9.99. The Morgan fingerprint density at radius 1 is 1.33 bits per heavy atom. The van der Waals surface area contributed by atoms with Gasteiger partial charge in [-0.1, -0.05) is 20.8 Å². The van der Waals surface area contributed by atoms with Crippen LogP contribution in [0, 0.1) is 10.8 Å². The molecule has 0 aromatic carbocycles. The molecule has 1 N–H and O–H groups in total. The lowest BCUT2D eigenvalue weighted by Gasteiger charge is -2.27. The summed E-state index contributed by atoms with van der Waals surface area (Å²) in [5, 5.41) is 4.06. The van der Waals surface area contributed by atoms with Crippen molar-refractivity contribution in [1.82, 2.24) is 5.43 Å². The molecule has 0 atom stereocenters. The van der Waals surface area contributed by atoms with E-state index in [9.17, 15) is 4.79 Å². The number of hydrogen-bond acceptors (Lipinski definition) is 2. The number of rotatable bonds is 0. The quantitative estimate of drug-likeness (QED) is 0.585. The van der Waals surface area contributed by atoms with Crippen molar-refractivity contribution >= 4 is 11.6 Å². The van der Waals surface area contributed by atoms with Crippen molar-refractivity contribution in [2.45, 2.75) is 34.6 Å². The van der Waals surface area contributed by atoms with E-state index in [1.54, 1.807) is 0 Å². The molecule has 68 valence electrons. The molecule has 1 aliphatic heterocycles. The molecule has 1 amide bonds. The summed E-state index contributed by atoms with van der Waals surface area (Å²) >= 11 is 0. The standard InChI is InChI=1S/C9H16N2O/c1-8(2,3)6-9(4,5)7(12)11-10-6/h1-5H3,(H,11,12). The smallest absolute Gasteiger partial charge is 0.251 e. The Hall–Kier alpha value is -0.860. The van der Waals surface area contributed by atoms with Gasteiger partial charge in [0.2, 0.25) is 0 Å². The topological polar surface area (TPSA) is 41.5 Å². The molecule has 1 heterocycles. The first-order valence-corrected chi connectivity index (χ1v) is 4.15. The molecule has 12 heavy (non-hydrogen) atoms. The SMILES string of the molecule is CC(C)(C)C1=NNC(=O)C1(C)C. The van der Waals surface area contributed by atoms with Gasteiger partial charge in [-0.05, 0) is 13.8 Å². The molecule has 0 aliphatic carbocycles. The van der Waals surface area contributed by atoms with Gasteiger partial charge in [0.15, 0.2) is 0 Å². The number of hydrogen-bond donors (Lipinski definition) is 1. The monoisotopic (exact) mass is 168 g/mol. The number of carbonyl (C=O) groups excluding carboxylic acids is 1. The third-order valence-corrected chi connectivity index (χ3v) is 2.14. The van der Waals surface area contributed by atoms with Gasteiger partial charge in [0.1, 0.15) is 0 Å². The van der Waals surface area contributed by atoms with Crippen LogP contribution in [0.2, 0.25) is 0 Å². The van der Waals surface area contributed by atoms with Gasteiger partial charge in [0.25, 0.3) is 5.91 Å². The zero-order chi connectivity index (χ0) is 9.57. The van der Waals surface area contributed by atoms with Crippen molar-refractivity contribution in [1.29, 1.82) is 0 Å². The molecule has 0 spiro atoms. The predicted molar refractivity (Wildman–Crippen MR) is 48.8 cm³/mol. The number of carbonyl (C=O) groups is 1. The van der Waals surface area contributed by atoms with Crippen LogP contribution in [0.15, 0.2) is 5.10 Å². The van der Waals surface area contributed by atoms with Crippen molar-refractivity contribution in [2.24, 2.45) is 15.9 Å². The highest BCUT2D eigenvalue weighted by Gasteiger charge is 2.43. The highest BCUT2D eigenvalue weighted by molar-refractivity contribution is 6.13. The summed E-state index contributed by atoms with van der Waals surface area (Å²) in [4.78, 5) is 11.3. The van der Waals surface area contributed by atoms with Crippen LogP contribution in [-0.4, -0.2) is 11.6 Å². The van der Waals surface area contributed by atoms with E-state index in [0.29, 0.717) is 0 Å². The lowest BCUT2D eigenvalue weighted by atomic mass is 9.74. The Morgan fingerprint density at radius 3 is 2.00 bits per heavy atom. The van der Waals surface area contributed by atoms with Crippen LogP contribution in [0.4, 0.5) is 0 Å². The minimum absolute atomic E-state index is 0.00701. The van der Waals surface area contributed by atoms with E-state index in [0.717, 1.165) is 5.71 Å². The van der Waals surface area contributed by atoms with E-state index in [4.69, 9.17) is 0 Å². The summed E-state index contributed by atoms with van der Waals surface area (Å²) < 4.78 is 0. The van der Waals surface area contributed by atoms with Crippen molar-refractivity contribution in [3.05, 3.63) is 0 Å². The van der Waals surface area contributed by atoms with Crippen LogP contribution in [0.3, 0.4) is 0 Å². The summed E-state index contributed by atoms with van der Waals surface area (Å²) in [6, 6.07) is 0. The molecule has 0 saturated carbocycles. The van der Waals surface area contributed by atoms with Crippen LogP contribution in [-0.2, 0) is 4.79 Å². The first-order chi connectivity index (χ1) is 5.26. The third-order valence-electron chi connectivity index (χ3n) is 2.14. The second-order valence-electron chi connectivity index (χ2n) is 4.78. The van der Waals surface area contributed by atoms with Gasteiger partial charge in [-0.25, -0.2) is 5.43 Å². The number of nitrogens with zero attached hydrogens (tertiary/aromatic N) is 1. The molecular formula is C9H16N2O. The Labute approximate surface area is 73.2 Å². The van der Waals surface area contributed by atoms with E-state index in [-0.39, 0.29) is 11.3 Å². The molecule has 0 fully saturated rings. The molecule has 0 saturated heterocycles. The molecule has 0 aromatic heterocycles. The summed E-state index contributed by atoms with van der Waals surface area (Å²) in [5.41, 5.74) is 2.96. The average Bonchev–Trinajstić information content (AvgIpc) is 2.06. The number of hydrazone groups is 1. The molecule has 1 rings (SSSR count). The van der Waals surface area contributed by atoms with Crippen LogP contribution in [0.5, 0.6) is 0 Å². The average molecular weight is 168 g/mol. The van der Waals surface area contributed by atoms with E-state index in [2.05, 4.69) is 31.3 Å². The molecule has 1 aliphatic rings.